The number of nitrogens with one attached hydrogen (secondary N) is 2. The number of tetrazole rings is 1. The zero-order chi connectivity index (χ0) is 14.7. The zero-order valence-electron chi connectivity index (χ0n) is 11.2. The summed E-state index contributed by atoms with van der Waals surface area (Å²) in [4.78, 5) is 12.1. The van der Waals surface area contributed by atoms with Gasteiger partial charge in [0.15, 0.2) is 11.6 Å². The fraction of sp³-hybridized carbons (Fsp3) is 0.250. The number of rotatable bonds is 5. The largest absolute Gasteiger partial charge is 0.454 e. The van der Waals surface area contributed by atoms with Crippen LogP contribution in [-0.2, 0) is 6.54 Å². The molecule has 0 spiro atoms. The molecule has 9 nitrogen and oxygen atoms in total. The van der Waals surface area contributed by atoms with E-state index in [2.05, 4.69) is 31.0 Å². The van der Waals surface area contributed by atoms with Crippen molar-refractivity contribution < 1.29 is 9.21 Å². The third kappa shape index (κ3) is 2.96. The minimum atomic E-state index is -0.365. The van der Waals surface area contributed by atoms with Crippen molar-refractivity contribution in [3.05, 3.63) is 47.9 Å². The molecule has 0 fully saturated rings. The first-order chi connectivity index (χ1) is 10.2. The molecule has 21 heavy (non-hydrogen) atoms. The van der Waals surface area contributed by atoms with Crippen LogP contribution in [0.25, 0.3) is 0 Å². The second-order valence-electron chi connectivity index (χ2n) is 4.43. The van der Waals surface area contributed by atoms with Crippen molar-refractivity contribution in [2.24, 2.45) is 0 Å². The minimum absolute atomic E-state index is 0.229. The van der Waals surface area contributed by atoms with E-state index in [1.54, 1.807) is 29.9 Å². The zero-order valence-corrected chi connectivity index (χ0v) is 11.2. The Balaban J connectivity index is 1.64. The van der Waals surface area contributed by atoms with Gasteiger partial charge in [0.05, 0.1) is 12.6 Å². The number of hydrogen-bond acceptors (Lipinski definition) is 6. The molecule has 108 valence electrons. The van der Waals surface area contributed by atoms with Gasteiger partial charge in [-0.05, 0) is 25.1 Å². The minimum Gasteiger partial charge on any atom is -0.454 e. The maximum Gasteiger partial charge on any atom is 0.287 e. The SMILES string of the molecule is CC(NC(=O)c1ccc(Cn2cccn2)o1)c1nn[nH]n1. The van der Waals surface area contributed by atoms with Crippen molar-refractivity contribution >= 4 is 5.91 Å². The monoisotopic (exact) mass is 287 g/mol. The Morgan fingerprint density at radius 1 is 1.52 bits per heavy atom. The Bertz CT molecular complexity index is 702. The number of carbonyl (C=O) groups excluding carboxylic acids is 1. The van der Waals surface area contributed by atoms with Crippen LogP contribution in [0.4, 0.5) is 0 Å². The van der Waals surface area contributed by atoms with Gasteiger partial charge < -0.3 is 9.73 Å². The summed E-state index contributed by atoms with van der Waals surface area (Å²) in [6.45, 7) is 2.23. The Kier molecular flexibility index (Phi) is 3.46. The van der Waals surface area contributed by atoms with E-state index in [1.807, 2.05) is 12.3 Å². The molecule has 1 atom stereocenters. The first-order valence-corrected chi connectivity index (χ1v) is 6.33. The van der Waals surface area contributed by atoms with Crippen molar-refractivity contribution in [2.45, 2.75) is 19.5 Å². The summed E-state index contributed by atoms with van der Waals surface area (Å²) in [7, 11) is 0. The molecule has 1 unspecified atom stereocenters. The third-order valence-electron chi connectivity index (χ3n) is 2.86. The van der Waals surface area contributed by atoms with Gasteiger partial charge in [0.25, 0.3) is 5.91 Å². The van der Waals surface area contributed by atoms with E-state index in [0.717, 1.165) is 0 Å². The number of furan rings is 1. The van der Waals surface area contributed by atoms with Gasteiger partial charge in [-0.25, -0.2) is 0 Å². The molecular formula is C12H13N7O2. The van der Waals surface area contributed by atoms with Crippen LogP contribution in [0.2, 0.25) is 0 Å². The standard InChI is InChI=1S/C12H13N7O2/c1-8(11-15-17-18-16-11)14-12(20)10-4-3-9(21-10)7-19-6-2-5-13-19/h2-6,8H,7H2,1H3,(H,14,20)(H,15,16,17,18). The van der Waals surface area contributed by atoms with Crippen molar-refractivity contribution in [2.75, 3.05) is 0 Å². The maximum absolute atomic E-state index is 12.1. The van der Waals surface area contributed by atoms with Gasteiger partial charge in [-0.1, -0.05) is 5.21 Å². The van der Waals surface area contributed by atoms with E-state index in [4.69, 9.17) is 4.42 Å². The molecule has 0 saturated carbocycles. The van der Waals surface area contributed by atoms with Crippen LogP contribution in [0.3, 0.4) is 0 Å². The van der Waals surface area contributed by atoms with Crippen molar-refractivity contribution in [3.63, 3.8) is 0 Å². The van der Waals surface area contributed by atoms with Gasteiger partial charge in [0, 0.05) is 12.4 Å². The van der Waals surface area contributed by atoms with E-state index in [0.29, 0.717) is 18.1 Å². The summed E-state index contributed by atoms with van der Waals surface area (Å²) in [6, 6.07) is 4.83. The topological polar surface area (TPSA) is 115 Å². The molecule has 3 aromatic heterocycles. The lowest BCUT2D eigenvalue weighted by atomic mass is 10.3. The van der Waals surface area contributed by atoms with Crippen LogP contribution in [0.1, 0.15) is 35.1 Å². The highest BCUT2D eigenvalue weighted by Crippen LogP contribution is 2.11. The molecule has 0 bridgehead atoms. The van der Waals surface area contributed by atoms with Gasteiger partial charge in [0.1, 0.15) is 5.76 Å². The van der Waals surface area contributed by atoms with Gasteiger partial charge in [0.2, 0.25) is 0 Å². The third-order valence-corrected chi connectivity index (χ3v) is 2.86. The van der Waals surface area contributed by atoms with Gasteiger partial charge in [-0.15, -0.1) is 10.2 Å². The number of carbonyl (C=O) groups is 1. The normalized spacial score (nSPS) is 12.2. The summed E-state index contributed by atoms with van der Waals surface area (Å²) < 4.78 is 7.21. The van der Waals surface area contributed by atoms with Gasteiger partial charge >= 0.3 is 0 Å². The highest BCUT2D eigenvalue weighted by Gasteiger charge is 2.17. The van der Waals surface area contributed by atoms with Crippen molar-refractivity contribution in [1.29, 1.82) is 0 Å². The van der Waals surface area contributed by atoms with Crippen LogP contribution in [0.5, 0.6) is 0 Å². The number of H-pyrrole nitrogens is 1. The summed E-state index contributed by atoms with van der Waals surface area (Å²) in [5, 5.41) is 20.2. The smallest absolute Gasteiger partial charge is 0.287 e. The molecule has 3 rings (SSSR count). The van der Waals surface area contributed by atoms with Crippen LogP contribution in [0.15, 0.2) is 35.0 Å². The van der Waals surface area contributed by atoms with Gasteiger partial charge in [-0.2, -0.15) is 10.3 Å². The van der Waals surface area contributed by atoms with E-state index >= 15 is 0 Å². The summed E-state index contributed by atoms with van der Waals surface area (Å²) in [5.74, 6) is 0.953. The van der Waals surface area contributed by atoms with E-state index in [1.165, 1.54) is 0 Å². The predicted molar refractivity (Wildman–Crippen MR) is 70.1 cm³/mol. The number of aromatic amines is 1. The molecular weight excluding hydrogens is 274 g/mol. The molecule has 0 aliphatic rings. The number of aromatic nitrogens is 6. The molecule has 3 heterocycles. The van der Waals surface area contributed by atoms with E-state index in [-0.39, 0.29) is 17.7 Å². The lowest BCUT2D eigenvalue weighted by Gasteiger charge is -2.07. The van der Waals surface area contributed by atoms with E-state index < -0.39 is 0 Å². The van der Waals surface area contributed by atoms with Crippen LogP contribution >= 0.6 is 0 Å². The van der Waals surface area contributed by atoms with Crippen molar-refractivity contribution in [1.82, 2.24) is 35.7 Å². The molecule has 3 aromatic rings. The average molecular weight is 287 g/mol. The molecule has 0 aliphatic heterocycles. The number of amides is 1. The van der Waals surface area contributed by atoms with Crippen LogP contribution < -0.4 is 5.32 Å². The fourth-order valence-electron chi connectivity index (χ4n) is 1.82. The molecule has 9 heteroatoms. The highest BCUT2D eigenvalue weighted by molar-refractivity contribution is 5.91. The second-order valence-corrected chi connectivity index (χ2v) is 4.43. The molecule has 0 radical (unpaired) electrons. The highest BCUT2D eigenvalue weighted by atomic mass is 16.4. The Morgan fingerprint density at radius 2 is 2.43 bits per heavy atom. The van der Waals surface area contributed by atoms with Crippen LogP contribution in [0, 0.1) is 0 Å². The van der Waals surface area contributed by atoms with E-state index in [9.17, 15) is 4.79 Å². The second kappa shape index (κ2) is 5.57. The lowest BCUT2D eigenvalue weighted by Crippen LogP contribution is -2.27. The molecule has 1 amide bonds. The van der Waals surface area contributed by atoms with Gasteiger partial charge in [-0.3, -0.25) is 9.48 Å². The van der Waals surface area contributed by atoms with Crippen LogP contribution in [-0.4, -0.2) is 36.3 Å². The average Bonchev–Trinajstić information content (AvgIpc) is 3.22. The van der Waals surface area contributed by atoms with Crippen molar-refractivity contribution in [3.8, 4) is 0 Å². The summed E-state index contributed by atoms with van der Waals surface area (Å²) in [5.41, 5.74) is 0. The molecule has 2 N–H and O–H groups in total. The Morgan fingerprint density at radius 3 is 3.14 bits per heavy atom. The maximum atomic E-state index is 12.1. The first-order valence-electron chi connectivity index (χ1n) is 6.33. The predicted octanol–water partition coefficient (Wildman–Crippen LogP) is 0.528. The number of nitrogens with zero attached hydrogens (tertiary/aromatic N) is 5. The first kappa shape index (κ1) is 13.0. The quantitative estimate of drug-likeness (QED) is 0.707. The number of hydrogen-bond donors (Lipinski definition) is 2. The Labute approximate surface area is 119 Å². The molecule has 0 aromatic carbocycles. The summed E-state index contributed by atoms with van der Waals surface area (Å²) in [6.07, 6.45) is 3.50. The fourth-order valence-corrected chi connectivity index (χ4v) is 1.82. The lowest BCUT2D eigenvalue weighted by molar-refractivity contribution is 0.0908. The molecule has 0 saturated heterocycles. The Hall–Kier alpha value is -2.97. The summed E-state index contributed by atoms with van der Waals surface area (Å²) >= 11 is 0. The molecule has 0 aliphatic carbocycles.